The molecule has 1 rings (SSSR count). The van der Waals surface area contributed by atoms with Crippen LogP contribution in [0.25, 0.3) is 0 Å². The summed E-state index contributed by atoms with van der Waals surface area (Å²) in [5, 5.41) is 3.84. The van der Waals surface area contributed by atoms with Crippen molar-refractivity contribution in [1.82, 2.24) is 5.43 Å². The summed E-state index contributed by atoms with van der Waals surface area (Å²) in [7, 11) is 0. The molecule has 0 atom stereocenters. The van der Waals surface area contributed by atoms with Gasteiger partial charge in [0.05, 0.1) is 0 Å². The van der Waals surface area contributed by atoms with Gasteiger partial charge in [0.2, 0.25) is 0 Å². The Morgan fingerprint density at radius 1 is 1.67 bits per heavy atom. The molecule has 4 nitrogen and oxygen atoms in total. The minimum absolute atomic E-state index is 0.594. The van der Waals surface area contributed by atoms with Gasteiger partial charge in [0.15, 0.2) is 0 Å². The first-order valence-corrected chi connectivity index (χ1v) is 4.27. The summed E-state index contributed by atoms with van der Waals surface area (Å²) in [5.74, 6) is 0.781. The lowest BCUT2D eigenvalue weighted by atomic mass is 9.82. The van der Waals surface area contributed by atoms with Crippen LogP contribution < -0.4 is 11.2 Å². The number of amides is 2. The van der Waals surface area contributed by atoms with Crippen molar-refractivity contribution in [2.75, 3.05) is 0 Å². The average Bonchev–Trinajstić information content (AvgIpc) is 1.93. The molecule has 68 valence electrons. The summed E-state index contributed by atoms with van der Waals surface area (Å²) in [4.78, 5) is 10.3. The van der Waals surface area contributed by atoms with Crippen molar-refractivity contribution in [1.29, 1.82) is 0 Å². The predicted molar refractivity (Wildman–Crippen MR) is 47.8 cm³/mol. The Hall–Kier alpha value is -1.06. The van der Waals surface area contributed by atoms with E-state index in [0.717, 1.165) is 18.1 Å². The zero-order valence-electron chi connectivity index (χ0n) is 7.34. The van der Waals surface area contributed by atoms with Crippen molar-refractivity contribution < 1.29 is 4.79 Å². The molecule has 0 spiro atoms. The predicted octanol–water partition coefficient (Wildman–Crippen LogP) is 1.22. The number of nitrogens with two attached hydrogens (primary N) is 1. The van der Waals surface area contributed by atoms with Crippen molar-refractivity contribution in [3.05, 3.63) is 0 Å². The molecule has 0 aliphatic heterocycles. The highest BCUT2D eigenvalue weighted by atomic mass is 16.2. The quantitative estimate of drug-likeness (QED) is 0.484. The number of hydrogen-bond acceptors (Lipinski definition) is 2. The van der Waals surface area contributed by atoms with Crippen LogP contribution in [0.3, 0.4) is 0 Å². The zero-order valence-corrected chi connectivity index (χ0v) is 7.34. The van der Waals surface area contributed by atoms with Crippen molar-refractivity contribution in [3.63, 3.8) is 0 Å². The van der Waals surface area contributed by atoms with Gasteiger partial charge < -0.3 is 5.73 Å². The smallest absolute Gasteiger partial charge is 0.332 e. The lowest BCUT2D eigenvalue weighted by molar-refractivity contribution is 0.249. The van der Waals surface area contributed by atoms with Crippen LogP contribution in [-0.2, 0) is 0 Å². The van der Waals surface area contributed by atoms with E-state index in [1.54, 1.807) is 0 Å². The summed E-state index contributed by atoms with van der Waals surface area (Å²) in [6, 6.07) is -0.594. The highest BCUT2D eigenvalue weighted by Gasteiger charge is 2.17. The van der Waals surface area contributed by atoms with E-state index in [1.165, 1.54) is 19.3 Å². The number of carbonyl (C=O) groups is 1. The summed E-state index contributed by atoms with van der Waals surface area (Å²) in [6.07, 6.45) is 4.91. The number of hydrogen-bond donors (Lipinski definition) is 2. The largest absolute Gasteiger partial charge is 0.350 e. The molecule has 1 fully saturated rings. The van der Waals surface area contributed by atoms with Crippen LogP contribution in [-0.4, -0.2) is 11.7 Å². The first kappa shape index (κ1) is 9.03. The molecule has 0 radical (unpaired) electrons. The first-order valence-electron chi connectivity index (χ1n) is 4.27. The molecule has 0 saturated heterocycles. The number of urea groups is 1. The Bertz CT molecular complexity index is 196. The molecule has 0 heterocycles. The third kappa shape index (κ3) is 2.90. The fourth-order valence-corrected chi connectivity index (χ4v) is 1.31. The molecule has 4 heteroatoms. The van der Waals surface area contributed by atoms with Crippen LogP contribution in [0.15, 0.2) is 5.10 Å². The van der Waals surface area contributed by atoms with Crippen LogP contribution in [0.2, 0.25) is 0 Å². The van der Waals surface area contributed by atoms with Gasteiger partial charge in [0.1, 0.15) is 0 Å². The normalized spacial score (nSPS) is 18.6. The second-order valence-electron chi connectivity index (χ2n) is 3.32. The minimum Gasteiger partial charge on any atom is -0.350 e. The highest BCUT2D eigenvalue weighted by Crippen LogP contribution is 2.29. The van der Waals surface area contributed by atoms with Crippen LogP contribution >= 0.6 is 0 Å². The topological polar surface area (TPSA) is 67.5 Å². The maximum Gasteiger partial charge on any atom is 0.332 e. The van der Waals surface area contributed by atoms with Gasteiger partial charge in [-0.05, 0) is 19.3 Å². The standard InChI is InChI=1S/C8H15N3O/c1-6(10-11-8(9)12)5-7-3-2-4-7/h7H,2-5H2,1H3,(H3,9,11,12). The number of rotatable bonds is 3. The molecule has 3 N–H and O–H groups in total. The third-order valence-electron chi connectivity index (χ3n) is 2.17. The first-order chi connectivity index (χ1) is 5.68. The van der Waals surface area contributed by atoms with E-state index in [9.17, 15) is 4.79 Å². The molecule has 12 heavy (non-hydrogen) atoms. The lowest BCUT2D eigenvalue weighted by Crippen LogP contribution is -2.26. The number of primary amides is 1. The molecule has 1 aliphatic carbocycles. The minimum atomic E-state index is -0.594. The summed E-state index contributed by atoms with van der Waals surface area (Å²) in [5.41, 5.74) is 8.04. The molecular formula is C8H15N3O. The Labute approximate surface area is 72.2 Å². The van der Waals surface area contributed by atoms with E-state index in [-0.39, 0.29) is 0 Å². The maximum atomic E-state index is 10.3. The second kappa shape index (κ2) is 4.09. The fourth-order valence-electron chi connectivity index (χ4n) is 1.31. The number of hydrazone groups is 1. The molecule has 0 bridgehead atoms. The van der Waals surface area contributed by atoms with Gasteiger partial charge in [-0.2, -0.15) is 5.10 Å². The van der Waals surface area contributed by atoms with Crippen LogP contribution in [0.5, 0.6) is 0 Å². The Morgan fingerprint density at radius 3 is 2.75 bits per heavy atom. The van der Waals surface area contributed by atoms with Gasteiger partial charge in [-0.3, -0.25) is 0 Å². The molecule has 2 amide bonds. The molecule has 0 aromatic rings. The number of nitrogens with zero attached hydrogens (tertiary/aromatic N) is 1. The SMILES string of the molecule is CC(CC1CCC1)=NNC(N)=O. The molecule has 0 unspecified atom stereocenters. The van der Waals surface area contributed by atoms with Crippen LogP contribution in [0.4, 0.5) is 4.79 Å². The zero-order chi connectivity index (χ0) is 8.97. The van der Waals surface area contributed by atoms with Crippen molar-refractivity contribution in [2.24, 2.45) is 16.8 Å². The molecule has 0 aromatic heterocycles. The summed E-state index contributed by atoms with van der Waals surface area (Å²) in [6.45, 7) is 1.91. The molecule has 1 saturated carbocycles. The number of carbonyl (C=O) groups excluding carboxylic acids is 1. The van der Waals surface area contributed by atoms with E-state index < -0.39 is 6.03 Å². The molecular weight excluding hydrogens is 154 g/mol. The third-order valence-corrected chi connectivity index (χ3v) is 2.17. The monoisotopic (exact) mass is 169 g/mol. The number of nitrogens with one attached hydrogen (secondary N) is 1. The van der Waals surface area contributed by atoms with Gasteiger partial charge in [-0.25, -0.2) is 10.2 Å². The Morgan fingerprint density at radius 2 is 2.33 bits per heavy atom. The van der Waals surface area contributed by atoms with E-state index in [0.29, 0.717) is 0 Å². The van der Waals surface area contributed by atoms with E-state index in [4.69, 9.17) is 5.73 Å². The Kier molecular flexibility index (Phi) is 3.08. The second-order valence-corrected chi connectivity index (χ2v) is 3.32. The Balaban J connectivity index is 2.20. The molecule has 0 aromatic carbocycles. The van der Waals surface area contributed by atoms with Crippen molar-refractivity contribution in [2.45, 2.75) is 32.6 Å². The van der Waals surface area contributed by atoms with Crippen molar-refractivity contribution in [3.8, 4) is 0 Å². The highest BCUT2D eigenvalue weighted by molar-refractivity contribution is 5.83. The van der Waals surface area contributed by atoms with Crippen LogP contribution in [0.1, 0.15) is 32.6 Å². The van der Waals surface area contributed by atoms with E-state index in [2.05, 4.69) is 10.5 Å². The van der Waals surface area contributed by atoms with Gasteiger partial charge in [-0.15, -0.1) is 0 Å². The fraction of sp³-hybridized carbons (Fsp3) is 0.750. The van der Waals surface area contributed by atoms with Gasteiger partial charge in [0, 0.05) is 5.71 Å². The van der Waals surface area contributed by atoms with E-state index in [1.807, 2.05) is 6.92 Å². The summed E-state index contributed by atoms with van der Waals surface area (Å²) >= 11 is 0. The average molecular weight is 169 g/mol. The van der Waals surface area contributed by atoms with Crippen molar-refractivity contribution >= 4 is 11.7 Å². The van der Waals surface area contributed by atoms with Gasteiger partial charge in [0.25, 0.3) is 0 Å². The van der Waals surface area contributed by atoms with Gasteiger partial charge >= 0.3 is 6.03 Å². The van der Waals surface area contributed by atoms with Gasteiger partial charge in [-0.1, -0.05) is 19.3 Å². The maximum absolute atomic E-state index is 10.3. The molecule has 1 aliphatic rings. The van der Waals surface area contributed by atoms with E-state index >= 15 is 0 Å². The lowest BCUT2D eigenvalue weighted by Gasteiger charge is -2.24. The summed E-state index contributed by atoms with van der Waals surface area (Å²) < 4.78 is 0. The van der Waals surface area contributed by atoms with Crippen LogP contribution in [0, 0.1) is 5.92 Å².